The van der Waals surface area contributed by atoms with Gasteiger partial charge in [-0.2, -0.15) is 0 Å². The van der Waals surface area contributed by atoms with E-state index in [-0.39, 0.29) is 6.09 Å². The maximum absolute atomic E-state index is 11.9. The largest absolute Gasteiger partial charge is 0.444 e. The second-order valence-electron chi connectivity index (χ2n) is 5.90. The highest BCUT2D eigenvalue weighted by Gasteiger charge is 2.21. The fourth-order valence-electron chi connectivity index (χ4n) is 1.99. The van der Waals surface area contributed by atoms with Crippen LogP contribution in [0.25, 0.3) is 0 Å². The number of likely N-dealkylation sites (N-methyl/N-ethyl adjacent to an activating group) is 1. The Hall–Kier alpha value is -0.810. The second kappa shape index (κ2) is 7.70. The summed E-state index contributed by atoms with van der Waals surface area (Å²) in [6.45, 7) is 11.5. The third-order valence-electron chi connectivity index (χ3n) is 2.99. The van der Waals surface area contributed by atoms with Crippen molar-refractivity contribution >= 4 is 6.09 Å². The van der Waals surface area contributed by atoms with Gasteiger partial charge in [-0.1, -0.05) is 0 Å². The summed E-state index contributed by atoms with van der Waals surface area (Å²) in [6.07, 6.45) is 2.40. The molecule has 0 aromatic rings. The lowest BCUT2D eigenvalue weighted by Crippen LogP contribution is -2.41. The Labute approximate surface area is 116 Å². The van der Waals surface area contributed by atoms with Gasteiger partial charge in [-0.15, -0.1) is 0 Å². The van der Waals surface area contributed by atoms with Gasteiger partial charge in [0, 0.05) is 32.8 Å². The SMILES string of the molecule is CCN(CCNCC1CCCO1)C(=O)OC(C)(C)C. The van der Waals surface area contributed by atoms with E-state index in [0.717, 1.165) is 32.5 Å². The minimum atomic E-state index is -0.435. The number of amides is 1. The van der Waals surface area contributed by atoms with Crippen molar-refractivity contribution in [3.05, 3.63) is 0 Å². The van der Waals surface area contributed by atoms with Gasteiger partial charge in [0.15, 0.2) is 0 Å². The van der Waals surface area contributed by atoms with E-state index in [0.29, 0.717) is 19.2 Å². The van der Waals surface area contributed by atoms with Crippen molar-refractivity contribution < 1.29 is 14.3 Å². The van der Waals surface area contributed by atoms with Gasteiger partial charge in [-0.05, 0) is 40.5 Å². The van der Waals surface area contributed by atoms with Crippen LogP contribution in [0.15, 0.2) is 0 Å². The summed E-state index contributed by atoms with van der Waals surface area (Å²) in [4.78, 5) is 13.6. The maximum Gasteiger partial charge on any atom is 0.410 e. The number of hydrogen-bond acceptors (Lipinski definition) is 4. The first-order valence-electron chi connectivity index (χ1n) is 7.22. The van der Waals surface area contributed by atoms with Gasteiger partial charge in [0.05, 0.1) is 6.10 Å². The van der Waals surface area contributed by atoms with Crippen molar-refractivity contribution in [1.82, 2.24) is 10.2 Å². The lowest BCUT2D eigenvalue weighted by atomic mass is 10.2. The molecule has 1 aliphatic rings. The van der Waals surface area contributed by atoms with Crippen LogP contribution in [0.5, 0.6) is 0 Å². The Bertz CT molecular complexity index is 270. The molecule has 0 radical (unpaired) electrons. The first-order chi connectivity index (χ1) is 8.92. The molecule has 1 unspecified atom stereocenters. The van der Waals surface area contributed by atoms with Crippen molar-refractivity contribution in [2.75, 3.05) is 32.8 Å². The fraction of sp³-hybridized carbons (Fsp3) is 0.929. The summed E-state index contributed by atoms with van der Waals surface area (Å²) >= 11 is 0. The van der Waals surface area contributed by atoms with Crippen LogP contribution in [0.2, 0.25) is 0 Å². The van der Waals surface area contributed by atoms with E-state index in [1.54, 1.807) is 4.90 Å². The van der Waals surface area contributed by atoms with Crippen LogP contribution in [0.3, 0.4) is 0 Å². The summed E-state index contributed by atoms with van der Waals surface area (Å²) in [5.74, 6) is 0. The lowest BCUT2D eigenvalue weighted by Gasteiger charge is -2.26. The monoisotopic (exact) mass is 272 g/mol. The Morgan fingerprint density at radius 3 is 2.74 bits per heavy atom. The fourth-order valence-corrected chi connectivity index (χ4v) is 1.99. The van der Waals surface area contributed by atoms with E-state index in [1.807, 2.05) is 27.7 Å². The molecule has 0 spiro atoms. The Balaban J connectivity index is 2.18. The molecule has 5 heteroatoms. The first kappa shape index (κ1) is 16.2. The molecule has 112 valence electrons. The first-order valence-corrected chi connectivity index (χ1v) is 7.22. The predicted molar refractivity (Wildman–Crippen MR) is 75.3 cm³/mol. The van der Waals surface area contributed by atoms with E-state index in [1.165, 1.54) is 0 Å². The zero-order valence-corrected chi connectivity index (χ0v) is 12.7. The molecule has 1 rings (SSSR count). The quantitative estimate of drug-likeness (QED) is 0.752. The molecule has 0 aromatic carbocycles. The van der Waals surface area contributed by atoms with Gasteiger partial charge < -0.3 is 19.7 Å². The number of carbonyl (C=O) groups is 1. The average Bonchev–Trinajstić information content (AvgIpc) is 2.79. The Morgan fingerprint density at radius 2 is 2.21 bits per heavy atom. The van der Waals surface area contributed by atoms with Crippen molar-refractivity contribution in [3.8, 4) is 0 Å². The van der Waals surface area contributed by atoms with E-state index in [2.05, 4.69) is 5.32 Å². The number of hydrogen-bond donors (Lipinski definition) is 1. The lowest BCUT2D eigenvalue weighted by molar-refractivity contribution is 0.0260. The molecule has 19 heavy (non-hydrogen) atoms. The number of ether oxygens (including phenoxy) is 2. The Morgan fingerprint density at radius 1 is 1.47 bits per heavy atom. The van der Waals surface area contributed by atoms with Gasteiger partial charge in [0.1, 0.15) is 5.60 Å². The van der Waals surface area contributed by atoms with Crippen LogP contribution in [-0.2, 0) is 9.47 Å². The van der Waals surface area contributed by atoms with Crippen LogP contribution in [-0.4, -0.2) is 55.5 Å². The van der Waals surface area contributed by atoms with Crippen LogP contribution >= 0.6 is 0 Å². The molecule has 1 saturated heterocycles. The normalized spacial score (nSPS) is 19.5. The van der Waals surface area contributed by atoms with E-state index >= 15 is 0 Å². The van der Waals surface area contributed by atoms with Crippen LogP contribution < -0.4 is 5.32 Å². The summed E-state index contributed by atoms with van der Waals surface area (Å²) < 4.78 is 10.9. The molecule has 1 amide bonds. The van der Waals surface area contributed by atoms with Crippen LogP contribution in [0.4, 0.5) is 4.79 Å². The number of nitrogens with one attached hydrogen (secondary N) is 1. The molecule has 0 aromatic heterocycles. The molecular weight excluding hydrogens is 244 g/mol. The molecule has 5 nitrogen and oxygen atoms in total. The van der Waals surface area contributed by atoms with Gasteiger partial charge in [-0.3, -0.25) is 0 Å². The number of carbonyl (C=O) groups excluding carboxylic acids is 1. The van der Waals surface area contributed by atoms with Gasteiger partial charge >= 0.3 is 6.09 Å². The van der Waals surface area contributed by atoms with Gasteiger partial charge in [0.2, 0.25) is 0 Å². The van der Waals surface area contributed by atoms with E-state index in [9.17, 15) is 4.79 Å². The highest BCUT2D eigenvalue weighted by atomic mass is 16.6. The minimum Gasteiger partial charge on any atom is -0.444 e. The maximum atomic E-state index is 11.9. The third kappa shape index (κ3) is 6.78. The molecule has 1 heterocycles. The van der Waals surface area contributed by atoms with Crippen LogP contribution in [0, 0.1) is 0 Å². The molecule has 0 aliphatic carbocycles. The van der Waals surface area contributed by atoms with Gasteiger partial charge in [0.25, 0.3) is 0 Å². The third-order valence-corrected chi connectivity index (χ3v) is 2.99. The molecule has 0 bridgehead atoms. The predicted octanol–water partition coefficient (Wildman–Crippen LogP) is 2.01. The summed E-state index contributed by atoms with van der Waals surface area (Å²) in [7, 11) is 0. The smallest absolute Gasteiger partial charge is 0.410 e. The molecule has 1 atom stereocenters. The number of rotatable bonds is 6. The molecule has 1 N–H and O–H groups in total. The molecule has 1 fully saturated rings. The summed E-state index contributed by atoms with van der Waals surface area (Å²) in [5.41, 5.74) is -0.435. The van der Waals surface area contributed by atoms with Crippen molar-refractivity contribution in [3.63, 3.8) is 0 Å². The van der Waals surface area contributed by atoms with E-state index in [4.69, 9.17) is 9.47 Å². The molecule has 0 saturated carbocycles. The van der Waals surface area contributed by atoms with Gasteiger partial charge in [-0.25, -0.2) is 4.79 Å². The van der Waals surface area contributed by atoms with Crippen molar-refractivity contribution in [2.45, 2.75) is 52.2 Å². The zero-order chi connectivity index (χ0) is 14.3. The highest BCUT2D eigenvalue weighted by molar-refractivity contribution is 5.68. The van der Waals surface area contributed by atoms with E-state index < -0.39 is 5.60 Å². The molecular formula is C14H28N2O3. The minimum absolute atomic E-state index is 0.242. The summed E-state index contributed by atoms with van der Waals surface area (Å²) in [5, 5.41) is 3.34. The second-order valence-corrected chi connectivity index (χ2v) is 5.90. The molecule has 1 aliphatic heterocycles. The zero-order valence-electron chi connectivity index (χ0n) is 12.7. The van der Waals surface area contributed by atoms with Crippen molar-refractivity contribution in [2.24, 2.45) is 0 Å². The Kier molecular flexibility index (Phi) is 6.58. The standard InChI is InChI=1S/C14H28N2O3/c1-5-16(13(17)19-14(2,3)4)9-8-15-11-12-7-6-10-18-12/h12,15H,5-11H2,1-4H3. The van der Waals surface area contributed by atoms with Crippen LogP contribution in [0.1, 0.15) is 40.5 Å². The highest BCUT2D eigenvalue weighted by Crippen LogP contribution is 2.11. The average molecular weight is 272 g/mol. The summed E-state index contributed by atoms with van der Waals surface area (Å²) in [6, 6.07) is 0. The van der Waals surface area contributed by atoms with Crippen molar-refractivity contribution in [1.29, 1.82) is 0 Å². The number of nitrogens with zero attached hydrogens (tertiary/aromatic N) is 1. The topological polar surface area (TPSA) is 50.8 Å².